The van der Waals surface area contributed by atoms with Gasteiger partial charge in [0.25, 0.3) is 0 Å². The number of hydrogen-bond acceptors (Lipinski definition) is 5. The van der Waals surface area contributed by atoms with E-state index in [0.717, 1.165) is 22.6 Å². The molecular weight excluding hydrogens is 448 g/mol. The van der Waals surface area contributed by atoms with E-state index in [1.165, 1.54) is 12.1 Å². The number of ether oxygens (including phenoxy) is 1. The van der Waals surface area contributed by atoms with Crippen molar-refractivity contribution in [1.29, 1.82) is 0 Å². The molecule has 7 nitrogen and oxygen atoms in total. The summed E-state index contributed by atoms with van der Waals surface area (Å²) in [4.78, 5) is 4.57. The molecule has 0 saturated carbocycles. The second-order valence-electron chi connectivity index (χ2n) is 6.88. The average molecular weight is 467 g/mol. The zero-order valence-corrected chi connectivity index (χ0v) is 18.6. The number of rotatable bonds is 6. The van der Waals surface area contributed by atoms with Crippen LogP contribution in [0.1, 0.15) is 5.56 Å². The Balaban J connectivity index is 1.76. The lowest BCUT2D eigenvalue weighted by molar-refractivity contribution is 0.415. The molecule has 4 aromatic rings. The molecule has 2 N–H and O–H groups in total. The number of nitrogens with zero attached hydrogens (tertiary/aromatic N) is 3. The van der Waals surface area contributed by atoms with Crippen molar-refractivity contribution in [3.63, 3.8) is 0 Å². The van der Waals surface area contributed by atoms with Crippen LogP contribution in [0.4, 0.5) is 5.69 Å². The Morgan fingerprint density at radius 2 is 1.66 bits per heavy atom. The Kier molecular flexibility index (Phi) is 6.09. The van der Waals surface area contributed by atoms with Crippen molar-refractivity contribution in [2.75, 3.05) is 7.11 Å². The molecule has 32 heavy (non-hydrogen) atoms. The van der Waals surface area contributed by atoms with Crippen LogP contribution in [0, 0.1) is 0 Å². The molecule has 0 aliphatic carbocycles. The zero-order valence-electron chi connectivity index (χ0n) is 17.0. The number of halogens is 1. The second-order valence-corrected chi connectivity index (χ2v) is 8.88. The first-order valence-corrected chi connectivity index (χ1v) is 11.4. The van der Waals surface area contributed by atoms with Gasteiger partial charge < -0.3 is 4.74 Å². The molecule has 9 heteroatoms. The molecule has 0 aliphatic heterocycles. The number of primary sulfonamides is 1. The summed E-state index contributed by atoms with van der Waals surface area (Å²) in [5.74, 6) is 0.739. The molecule has 1 aromatic heterocycles. The molecule has 3 aromatic carbocycles. The van der Waals surface area contributed by atoms with Gasteiger partial charge in [-0.3, -0.25) is 4.99 Å². The van der Waals surface area contributed by atoms with E-state index in [1.54, 1.807) is 42.3 Å². The third-order valence-electron chi connectivity index (χ3n) is 4.72. The van der Waals surface area contributed by atoms with Gasteiger partial charge in [0, 0.05) is 28.6 Å². The number of aromatic nitrogens is 2. The summed E-state index contributed by atoms with van der Waals surface area (Å²) in [6.07, 6.45) is 3.55. The van der Waals surface area contributed by atoms with Crippen LogP contribution in [0.5, 0.6) is 5.75 Å². The van der Waals surface area contributed by atoms with Gasteiger partial charge in [-0.15, -0.1) is 0 Å². The highest BCUT2D eigenvalue weighted by Gasteiger charge is 2.13. The predicted octanol–water partition coefficient (Wildman–Crippen LogP) is 4.60. The molecule has 0 amide bonds. The van der Waals surface area contributed by atoms with E-state index in [4.69, 9.17) is 26.6 Å². The SMILES string of the molecule is COc1ccc(-c2nn(-c3ccc(S(N)(=O)=O)cc3)cc2C=Nc2ccc(Cl)cc2)cc1. The number of hydrogen-bond donors (Lipinski definition) is 1. The van der Waals surface area contributed by atoms with Gasteiger partial charge in [-0.25, -0.2) is 18.2 Å². The topological polar surface area (TPSA) is 99.6 Å². The molecule has 0 saturated heterocycles. The number of benzene rings is 3. The van der Waals surface area contributed by atoms with Gasteiger partial charge in [-0.05, 0) is 72.8 Å². The highest BCUT2D eigenvalue weighted by molar-refractivity contribution is 7.89. The fraction of sp³-hybridized carbons (Fsp3) is 0.0435. The van der Waals surface area contributed by atoms with E-state index in [1.807, 2.05) is 42.6 Å². The van der Waals surface area contributed by atoms with E-state index >= 15 is 0 Å². The maximum Gasteiger partial charge on any atom is 0.238 e. The molecule has 0 spiro atoms. The quantitative estimate of drug-likeness (QED) is 0.420. The minimum absolute atomic E-state index is 0.0355. The minimum Gasteiger partial charge on any atom is -0.497 e. The largest absolute Gasteiger partial charge is 0.497 e. The van der Waals surface area contributed by atoms with Gasteiger partial charge in [0.15, 0.2) is 0 Å². The number of nitrogens with two attached hydrogens (primary N) is 1. The van der Waals surface area contributed by atoms with E-state index in [2.05, 4.69) is 4.99 Å². The Bertz CT molecular complexity index is 1360. The van der Waals surface area contributed by atoms with E-state index in [-0.39, 0.29) is 4.90 Å². The van der Waals surface area contributed by atoms with Crippen LogP contribution >= 0.6 is 11.6 Å². The first kappa shape index (κ1) is 21.8. The molecule has 162 valence electrons. The third kappa shape index (κ3) is 4.88. The van der Waals surface area contributed by atoms with Crippen molar-refractivity contribution in [2.24, 2.45) is 10.1 Å². The van der Waals surface area contributed by atoms with Gasteiger partial charge in [0.2, 0.25) is 10.0 Å². The summed E-state index contributed by atoms with van der Waals surface area (Å²) in [6.45, 7) is 0. The van der Waals surface area contributed by atoms with Gasteiger partial charge in [-0.2, -0.15) is 5.10 Å². The van der Waals surface area contributed by atoms with Crippen LogP contribution in [0.25, 0.3) is 16.9 Å². The van der Waals surface area contributed by atoms with Crippen LogP contribution < -0.4 is 9.88 Å². The van der Waals surface area contributed by atoms with Crippen molar-refractivity contribution in [1.82, 2.24) is 9.78 Å². The monoisotopic (exact) mass is 466 g/mol. The standard InChI is InChI=1S/C23H19ClN4O3S/c1-31-21-10-2-16(3-11-21)23-17(14-26-19-6-4-18(24)5-7-19)15-28(27-23)20-8-12-22(13-9-20)32(25,29)30/h2-15H,1H3,(H2,25,29,30). The van der Waals surface area contributed by atoms with Crippen LogP contribution in [0.15, 0.2) is 88.9 Å². The normalized spacial score (nSPS) is 11.7. The second kappa shape index (κ2) is 8.96. The molecule has 0 atom stereocenters. The first-order chi connectivity index (χ1) is 15.3. The Morgan fingerprint density at radius 3 is 2.25 bits per heavy atom. The maximum absolute atomic E-state index is 11.5. The number of sulfonamides is 1. The van der Waals surface area contributed by atoms with E-state index in [9.17, 15) is 8.42 Å². The maximum atomic E-state index is 11.5. The summed E-state index contributed by atoms with van der Waals surface area (Å²) in [7, 11) is -2.16. The lowest BCUT2D eigenvalue weighted by atomic mass is 10.1. The van der Waals surface area contributed by atoms with Gasteiger partial charge in [0.05, 0.1) is 23.4 Å². The number of methoxy groups -OCH3 is 1. The summed E-state index contributed by atoms with van der Waals surface area (Å²) in [6, 6.07) is 20.9. The van der Waals surface area contributed by atoms with Crippen molar-refractivity contribution >= 4 is 33.5 Å². The molecular formula is C23H19ClN4O3S. The summed E-state index contributed by atoms with van der Waals surface area (Å²) in [5.41, 5.74) is 3.79. The van der Waals surface area contributed by atoms with Crippen molar-refractivity contribution in [2.45, 2.75) is 4.90 Å². The molecule has 4 rings (SSSR count). The highest BCUT2D eigenvalue weighted by atomic mass is 35.5. The van der Waals surface area contributed by atoms with Crippen LogP contribution in [0.2, 0.25) is 5.02 Å². The number of aliphatic imine (C=N–C) groups is 1. The lowest BCUT2D eigenvalue weighted by Crippen LogP contribution is -2.12. The molecule has 1 heterocycles. The molecule has 0 fully saturated rings. The van der Waals surface area contributed by atoms with Crippen molar-refractivity contribution in [3.8, 4) is 22.7 Å². The van der Waals surface area contributed by atoms with Gasteiger partial charge in [-0.1, -0.05) is 11.6 Å². The smallest absolute Gasteiger partial charge is 0.238 e. The highest BCUT2D eigenvalue weighted by Crippen LogP contribution is 2.26. The fourth-order valence-electron chi connectivity index (χ4n) is 3.05. The van der Waals surface area contributed by atoms with Crippen LogP contribution in [-0.2, 0) is 10.0 Å². The van der Waals surface area contributed by atoms with Gasteiger partial charge in [0.1, 0.15) is 11.4 Å². The zero-order chi connectivity index (χ0) is 22.7. The minimum atomic E-state index is -3.77. The Labute approximate surface area is 190 Å². The Morgan fingerprint density at radius 1 is 1.00 bits per heavy atom. The summed E-state index contributed by atoms with van der Waals surface area (Å²) < 4.78 is 30.0. The molecule has 0 aliphatic rings. The first-order valence-electron chi connectivity index (χ1n) is 9.50. The van der Waals surface area contributed by atoms with E-state index < -0.39 is 10.0 Å². The van der Waals surface area contributed by atoms with Crippen molar-refractivity contribution in [3.05, 3.63) is 89.6 Å². The van der Waals surface area contributed by atoms with Crippen LogP contribution in [0.3, 0.4) is 0 Å². The molecule has 0 unspecified atom stereocenters. The Hall–Kier alpha value is -3.46. The third-order valence-corrected chi connectivity index (χ3v) is 5.90. The molecule has 0 radical (unpaired) electrons. The average Bonchev–Trinajstić information content (AvgIpc) is 3.22. The fourth-order valence-corrected chi connectivity index (χ4v) is 3.69. The van der Waals surface area contributed by atoms with E-state index in [0.29, 0.717) is 16.4 Å². The predicted molar refractivity (Wildman–Crippen MR) is 126 cm³/mol. The summed E-state index contributed by atoms with van der Waals surface area (Å²) >= 11 is 5.95. The summed E-state index contributed by atoms with van der Waals surface area (Å²) in [5, 5.41) is 10.5. The van der Waals surface area contributed by atoms with Crippen molar-refractivity contribution < 1.29 is 13.2 Å². The van der Waals surface area contributed by atoms with Gasteiger partial charge >= 0.3 is 0 Å². The molecule has 0 bridgehead atoms. The van der Waals surface area contributed by atoms with Crippen LogP contribution in [-0.4, -0.2) is 31.5 Å². The lowest BCUT2D eigenvalue weighted by Gasteiger charge is -2.03.